The van der Waals surface area contributed by atoms with E-state index in [4.69, 9.17) is 9.47 Å². The Balaban J connectivity index is 1.89. The van der Waals surface area contributed by atoms with Gasteiger partial charge in [0, 0.05) is 51.7 Å². The number of carbonyl (C=O) groups is 13. The monoisotopic (exact) mass is 1180 g/mol. The minimum atomic E-state index is -1.17. The van der Waals surface area contributed by atoms with E-state index in [1.807, 2.05) is 39.6 Å². The smallest absolute Gasteiger partial charge is 0.330 e. The van der Waals surface area contributed by atoms with Gasteiger partial charge in [0.25, 0.3) is 5.91 Å². The van der Waals surface area contributed by atoms with Gasteiger partial charge < -0.3 is 67.3 Å². The standard InChI is InChI=1S/C54H80N12O16S/c1-11-30(4)49(64-51(77)39-14-12-13-17-65(39)9)53(78)66(10)40(29(2)3)21-42(81-34(8)69)52-63-38(28-83-52)50(76)61-36(18-31(5)54(79)80)19-35-15-16-41(82-48(75)27-60-46(73)25-58-44(71)23-56-33(7)68)37(20-35)62-47(74)26-59-45(72)24-57-43(70)22-55-32(6)67/h15-16,20,28-31,36,39-40,42,49H,11-14,17-19,21-27H2,1-10H3,(H,55,67)(H,56,68)(H,57,70)(H,58,71)(H,59,72)(H,60,73)(H,61,76)(H,62,74)(H,64,77)(H,79,80)/t30-,31-,36+,39+,40+,42+,49-/m0/s1. The predicted molar refractivity (Wildman–Crippen MR) is 301 cm³/mol. The van der Waals surface area contributed by atoms with Gasteiger partial charge in [0.2, 0.25) is 53.2 Å². The van der Waals surface area contributed by atoms with Crippen LogP contribution >= 0.6 is 11.3 Å². The summed E-state index contributed by atoms with van der Waals surface area (Å²) in [5.74, 6) is -10.5. The van der Waals surface area contributed by atoms with E-state index in [1.54, 1.807) is 11.9 Å². The Morgan fingerprint density at radius 2 is 1.33 bits per heavy atom. The first-order chi connectivity index (χ1) is 39.1. The van der Waals surface area contributed by atoms with Crippen LogP contribution in [0.15, 0.2) is 23.6 Å². The number of rotatable bonds is 32. The van der Waals surface area contributed by atoms with E-state index in [-0.39, 0.29) is 77.6 Å². The molecule has 1 saturated heterocycles. The van der Waals surface area contributed by atoms with Crippen molar-refractivity contribution in [2.75, 3.05) is 65.2 Å². The van der Waals surface area contributed by atoms with Crippen LogP contribution in [0.1, 0.15) is 121 Å². The summed E-state index contributed by atoms with van der Waals surface area (Å²) in [7, 11) is 3.53. The zero-order valence-corrected chi connectivity index (χ0v) is 49.5. The lowest BCUT2D eigenvalue weighted by Gasteiger charge is -2.38. The van der Waals surface area contributed by atoms with Crippen molar-refractivity contribution in [3.63, 3.8) is 0 Å². The number of nitrogens with one attached hydrogen (secondary N) is 9. The molecule has 1 aromatic heterocycles. The van der Waals surface area contributed by atoms with E-state index in [2.05, 4.69) is 52.8 Å². The number of thiazole rings is 1. The summed E-state index contributed by atoms with van der Waals surface area (Å²) in [6, 6.07) is 1.43. The molecule has 0 unspecified atom stereocenters. The van der Waals surface area contributed by atoms with Gasteiger partial charge in [0.1, 0.15) is 23.3 Å². The molecule has 2 heterocycles. The second kappa shape index (κ2) is 34.4. The highest BCUT2D eigenvalue weighted by Gasteiger charge is 2.38. The van der Waals surface area contributed by atoms with Crippen LogP contribution in [0.4, 0.5) is 5.69 Å². The van der Waals surface area contributed by atoms with E-state index < -0.39 is 128 Å². The number of benzene rings is 1. The molecule has 1 fully saturated rings. The molecule has 0 radical (unpaired) electrons. The number of amides is 10. The molecule has 458 valence electrons. The number of aliphatic carboxylic acids is 1. The topological polar surface area (TPSA) is 388 Å². The fourth-order valence-electron chi connectivity index (χ4n) is 8.63. The number of hydrogen-bond donors (Lipinski definition) is 10. The van der Waals surface area contributed by atoms with Gasteiger partial charge in [0.15, 0.2) is 11.9 Å². The van der Waals surface area contributed by atoms with Gasteiger partial charge >= 0.3 is 17.9 Å². The number of likely N-dealkylation sites (tertiary alicyclic amines) is 1. The molecule has 28 nitrogen and oxygen atoms in total. The molecular formula is C54H80N12O16S. The average molecular weight is 1190 g/mol. The second-order valence-electron chi connectivity index (χ2n) is 20.7. The Labute approximate surface area is 485 Å². The van der Waals surface area contributed by atoms with E-state index in [0.717, 1.165) is 30.7 Å². The first kappa shape index (κ1) is 69.2. The normalized spacial score (nSPS) is 15.2. The number of carbonyl (C=O) groups excluding carboxylic acids is 12. The van der Waals surface area contributed by atoms with Crippen molar-refractivity contribution >= 4 is 94.0 Å². The number of carboxylic acids is 1. The molecule has 2 aromatic rings. The van der Waals surface area contributed by atoms with Crippen molar-refractivity contribution in [3.8, 4) is 5.75 Å². The highest BCUT2D eigenvalue weighted by atomic mass is 32.1. The summed E-state index contributed by atoms with van der Waals surface area (Å²) >= 11 is 1.03. The fraction of sp³-hybridized carbons (Fsp3) is 0.593. The van der Waals surface area contributed by atoms with E-state index in [9.17, 15) is 67.4 Å². The zero-order chi connectivity index (χ0) is 62.1. The number of carboxylic acid groups (broad SMARTS) is 1. The van der Waals surface area contributed by atoms with Crippen LogP contribution in [0, 0.1) is 17.8 Å². The molecule has 29 heteroatoms. The minimum Gasteiger partial charge on any atom is -0.481 e. The van der Waals surface area contributed by atoms with Crippen molar-refractivity contribution in [2.24, 2.45) is 17.8 Å². The maximum absolute atomic E-state index is 14.4. The van der Waals surface area contributed by atoms with E-state index in [0.29, 0.717) is 18.4 Å². The molecule has 10 amide bonds. The highest BCUT2D eigenvalue weighted by Crippen LogP contribution is 2.32. The molecule has 1 aliphatic rings. The van der Waals surface area contributed by atoms with Crippen molar-refractivity contribution in [1.29, 1.82) is 0 Å². The molecule has 3 rings (SSSR count). The molecule has 0 bridgehead atoms. The molecule has 83 heavy (non-hydrogen) atoms. The van der Waals surface area contributed by atoms with E-state index in [1.165, 1.54) is 51.3 Å². The number of anilines is 1. The summed E-state index contributed by atoms with van der Waals surface area (Å²) in [6.45, 7) is 10.2. The number of likely N-dealkylation sites (N-methyl/N-ethyl adjacent to an activating group) is 2. The molecule has 1 aromatic carbocycles. The van der Waals surface area contributed by atoms with Crippen molar-refractivity contribution in [3.05, 3.63) is 39.8 Å². The highest BCUT2D eigenvalue weighted by molar-refractivity contribution is 7.09. The molecule has 7 atom stereocenters. The third-order valence-corrected chi connectivity index (χ3v) is 14.4. The van der Waals surface area contributed by atoms with Crippen LogP contribution in [-0.4, -0.2) is 181 Å². The van der Waals surface area contributed by atoms with Crippen molar-refractivity contribution < 1.29 is 76.9 Å². The van der Waals surface area contributed by atoms with Crippen LogP contribution in [-0.2, 0) is 68.7 Å². The number of piperidine rings is 1. The van der Waals surface area contributed by atoms with Gasteiger partial charge in [-0.1, -0.05) is 53.5 Å². The van der Waals surface area contributed by atoms with Crippen molar-refractivity contribution in [1.82, 2.24) is 57.3 Å². The Kier molecular flexibility index (Phi) is 28.7. The largest absolute Gasteiger partial charge is 0.481 e. The van der Waals surface area contributed by atoms with Gasteiger partial charge in [-0.2, -0.15) is 0 Å². The van der Waals surface area contributed by atoms with E-state index >= 15 is 0 Å². The summed E-state index contributed by atoms with van der Waals surface area (Å²) in [5.41, 5.74) is 0.115. The Hall–Kier alpha value is -8.08. The number of aromatic nitrogens is 1. The summed E-state index contributed by atoms with van der Waals surface area (Å²) < 4.78 is 11.3. The quantitative estimate of drug-likeness (QED) is 0.0331. The third-order valence-electron chi connectivity index (χ3n) is 13.4. The molecule has 1 aliphatic heterocycles. The molecule has 0 spiro atoms. The maximum Gasteiger partial charge on any atom is 0.330 e. The summed E-state index contributed by atoms with van der Waals surface area (Å²) in [6.07, 6.45) is 2.00. The number of esters is 2. The summed E-state index contributed by atoms with van der Waals surface area (Å²) in [4.78, 5) is 172. The van der Waals surface area contributed by atoms with Gasteiger partial charge in [0.05, 0.1) is 50.4 Å². The first-order valence-corrected chi connectivity index (χ1v) is 28.1. The van der Waals surface area contributed by atoms with Crippen LogP contribution in [0.3, 0.4) is 0 Å². The lowest BCUT2D eigenvalue weighted by molar-refractivity contribution is -0.149. The molecular weight excluding hydrogens is 1100 g/mol. The maximum atomic E-state index is 14.4. The molecule has 0 saturated carbocycles. The summed E-state index contributed by atoms with van der Waals surface area (Å²) in [5, 5.41) is 33.7. The van der Waals surface area contributed by atoms with Crippen LogP contribution < -0.4 is 52.6 Å². The Bertz CT molecular complexity index is 2670. The SMILES string of the molecule is CC[C@H](C)[C@H](NC(=O)[C@H]1CCCCN1C)C(=O)N(C)[C@H](C[C@@H](OC(C)=O)c1nc(C(=O)N[C@@H](Cc2ccc(OC(=O)CNC(=O)CNC(=O)CNC(C)=O)c(NC(=O)CNC(=O)CNC(=O)CNC(C)=O)c2)C[C@H](C)C(=O)O)cs1)C(C)C. The predicted octanol–water partition coefficient (Wildman–Crippen LogP) is -0.332. The van der Waals surface area contributed by atoms with Crippen LogP contribution in [0.5, 0.6) is 5.75 Å². The lowest BCUT2D eigenvalue weighted by atomic mass is 9.92. The number of ether oxygens (including phenoxy) is 2. The Morgan fingerprint density at radius 1 is 0.759 bits per heavy atom. The van der Waals surface area contributed by atoms with Crippen molar-refractivity contribution in [2.45, 2.75) is 131 Å². The number of hydrogen-bond acceptors (Lipinski definition) is 18. The molecule has 0 aliphatic carbocycles. The molecule has 10 N–H and O–H groups in total. The zero-order valence-electron chi connectivity index (χ0n) is 48.6. The number of nitrogens with zero attached hydrogens (tertiary/aromatic N) is 3. The fourth-order valence-corrected chi connectivity index (χ4v) is 9.47. The van der Waals surface area contributed by atoms with Gasteiger partial charge in [-0.15, -0.1) is 11.3 Å². The lowest BCUT2D eigenvalue weighted by Crippen LogP contribution is -2.58. The average Bonchev–Trinajstić information content (AvgIpc) is 4.07. The van der Waals surface area contributed by atoms with Gasteiger partial charge in [-0.05, 0) is 68.8 Å². The Morgan fingerprint density at radius 3 is 1.86 bits per heavy atom. The van der Waals surface area contributed by atoms with Gasteiger partial charge in [-0.3, -0.25) is 62.4 Å². The third kappa shape index (κ3) is 24.5. The first-order valence-electron chi connectivity index (χ1n) is 27.2. The van der Waals surface area contributed by atoms with Crippen LogP contribution in [0.25, 0.3) is 0 Å². The van der Waals surface area contributed by atoms with Gasteiger partial charge in [-0.25, -0.2) is 9.78 Å². The van der Waals surface area contributed by atoms with Crippen LogP contribution in [0.2, 0.25) is 0 Å². The second-order valence-corrected chi connectivity index (χ2v) is 21.5. The minimum absolute atomic E-state index is 0.0750.